The molecule has 26 heavy (non-hydrogen) atoms. The molecule has 2 aliphatic rings. The maximum atomic E-state index is 12.9. The minimum absolute atomic E-state index is 0.0225. The summed E-state index contributed by atoms with van der Waals surface area (Å²) in [6.07, 6.45) is 0. The van der Waals surface area contributed by atoms with Crippen molar-refractivity contribution in [1.29, 1.82) is 0 Å². The number of benzene rings is 2. The van der Waals surface area contributed by atoms with E-state index in [0.717, 1.165) is 27.0 Å². The number of nitrogens with zero attached hydrogens (tertiary/aromatic N) is 2. The SMILES string of the molecule is CCN1C(=O)C(=C2Sc3ccc(OC)cc3N2c2ccccc2)SC1=S. The highest BCUT2D eigenvalue weighted by atomic mass is 32.2. The Morgan fingerprint density at radius 2 is 1.88 bits per heavy atom. The first-order valence-corrected chi connectivity index (χ1v) is 10.2. The summed E-state index contributed by atoms with van der Waals surface area (Å²) >= 11 is 8.37. The molecular weight excluding hydrogens is 384 g/mol. The van der Waals surface area contributed by atoms with Crippen molar-refractivity contribution in [1.82, 2.24) is 4.90 Å². The smallest absolute Gasteiger partial charge is 0.268 e. The van der Waals surface area contributed by atoms with Crippen LogP contribution < -0.4 is 9.64 Å². The number of amides is 1. The fourth-order valence-corrected chi connectivity index (χ4v) is 5.58. The number of likely N-dealkylation sites (N-methyl/N-ethyl adjacent to an activating group) is 1. The quantitative estimate of drug-likeness (QED) is 0.533. The first-order valence-electron chi connectivity index (χ1n) is 8.13. The Balaban J connectivity index is 1.89. The van der Waals surface area contributed by atoms with Gasteiger partial charge in [0.1, 0.15) is 20.0 Å². The summed E-state index contributed by atoms with van der Waals surface area (Å²) in [5.41, 5.74) is 2.01. The summed E-state index contributed by atoms with van der Waals surface area (Å²) in [5.74, 6) is 0.762. The number of thioether (sulfide) groups is 2. The molecule has 0 spiro atoms. The van der Waals surface area contributed by atoms with E-state index in [1.807, 2.05) is 55.5 Å². The van der Waals surface area contributed by atoms with Crippen molar-refractivity contribution in [3.8, 4) is 5.75 Å². The Labute approximate surface area is 166 Å². The van der Waals surface area contributed by atoms with Crippen LogP contribution in [0.15, 0.2) is 63.4 Å². The lowest BCUT2D eigenvalue weighted by Gasteiger charge is -2.22. The van der Waals surface area contributed by atoms with Crippen molar-refractivity contribution in [2.24, 2.45) is 0 Å². The van der Waals surface area contributed by atoms with Gasteiger partial charge >= 0.3 is 0 Å². The number of rotatable bonds is 3. The zero-order chi connectivity index (χ0) is 18.3. The lowest BCUT2D eigenvalue weighted by atomic mass is 10.2. The molecule has 1 fully saturated rings. The Kier molecular flexibility index (Phi) is 4.69. The molecule has 132 valence electrons. The van der Waals surface area contributed by atoms with Gasteiger partial charge in [0.05, 0.1) is 12.8 Å². The van der Waals surface area contributed by atoms with Crippen LogP contribution in [0.2, 0.25) is 0 Å². The number of anilines is 2. The van der Waals surface area contributed by atoms with Crippen LogP contribution in [0.3, 0.4) is 0 Å². The first kappa shape index (κ1) is 17.5. The van der Waals surface area contributed by atoms with Gasteiger partial charge in [-0.3, -0.25) is 9.69 Å². The molecule has 2 aromatic carbocycles. The summed E-state index contributed by atoms with van der Waals surface area (Å²) in [5, 5.41) is 0.896. The van der Waals surface area contributed by atoms with E-state index in [1.165, 1.54) is 11.8 Å². The second-order valence-corrected chi connectivity index (χ2v) is 8.33. The Hall–Kier alpha value is -1.96. The summed E-state index contributed by atoms with van der Waals surface area (Å²) in [6, 6.07) is 16.0. The van der Waals surface area contributed by atoms with Crippen molar-refractivity contribution in [3.05, 3.63) is 58.5 Å². The lowest BCUT2D eigenvalue weighted by molar-refractivity contribution is -0.122. The minimum Gasteiger partial charge on any atom is -0.497 e. The monoisotopic (exact) mass is 400 g/mol. The third kappa shape index (κ3) is 2.80. The fourth-order valence-electron chi connectivity index (χ4n) is 2.93. The first-order chi connectivity index (χ1) is 12.6. The van der Waals surface area contributed by atoms with Gasteiger partial charge in [-0.1, -0.05) is 53.9 Å². The van der Waals surface area contributed by atoms with Crippen molar-refractivity contribution >= 4 is 57.3 Å². The van der Waals surface area contributed by atoms with E-state index in [4.69, 9.17) is 17.0 Å². The van der Waals surface area contributed by atoms with Crippen molar-refractivity contribution < 1.29 is 9.53 Å². The standard InChI is InChI=1S/C19H16N2O2S3/c1-3-20-17(22)16(26-19(20)24)18-21(12-7-5-4-6-8-12)14-11-13(23-2)9-10-15(14)25-18/h4-11H,3H2,1-2H3. The molecule has 0 saturated carbocycles. The zero-order valence-electron chi connectivity index (χ0n) is 14.3. The van der Waals surface area contributed by atoms with Crippen LogP contribution in [0.5, 0.6) is 5.75 Å². The van der Waals surface area contributed by atoms with E-state index in [-0.39, 0.29) is 5.91 Å². The predicted octanol–water partition coefficient (Wildman–Crippen LogP) is 4.99. The van der Waals surface area contributed by atoms with Gasteiger partial charge in [0.2, 0.25) is 0 Å². The van der Waals surface area contributed by atoms with Gasteiger partial charge in [-0.15, -0.1) is 0 Å². The second-order valence-electron chi connectivity index (χ2n) is 5.66. The Morgan fingerprint density at radius 3 is 2.54 bits per heavy atom. The van der Waals surface area contributed by atoms with E-state index in [2.05, 4.69) is 4.90 Å². The molecule has 2 aromatic rings. The van der Waals surface area contributed by atoms with Gasteiger partial charge in [0.25, 0.3) is 5.91 Å². The highest BCUT2D eigenvalue weighted by Gasteiger charge is 2.39. The lowest BCUT2D eigenvalue weighted by Crippen LogP contribution is -2.28. The highest BCUT2D eigenvalue weighted by molar-refractivity contribution is 8.27. The second kappa shape index (κ2) is 6.98. The normalized spacial score (nSPS) is 19.3. The summed E-state index contributed by atoms with van der Waals surface area (Å²) in [4.78, 5) is 18.4. The Bertz CT molecular complexity index is 928. The number of carbonyl (C=O) groups excluding carboxylic acids is 1. The van der Waals surface area contributed by atoms with Crippen LogP contribution in [0.25, 0.3) is 0 Å². The number of para-hydroxylation sites is 1. The molecule has 0 radical (unpaired) electrons. The van der Waals surface area contributed by atoms with Crippen molar-refractivity contribution in [2.45, 2.75) is 11.8 Å². The maximum absolute atomic E-state index is 12.9. The maximum Gasteiger partial charge on any atom is 0.268 e. The molecule has 0 aromatic heterocycles. The summed E-state index contributed by atoms with van der Waals surface area (Å²) < 4.78 is 6.02. The number of ether oxygens (including phenoxy) is 1. The van der Waals surface area contributed by atoms with E-state index < -0.39 is 0 Å². The van der Waals surface area contributed by atoms with Gasteiger partial charge in [0.15, 0.2) is 0 Å². The van der Waals surface area contributed by atoms with Crippen LogP contribution in [0, 0.1) is 0 Å². The van der Waals surface area contributed by atoms with Crippen LogP contribution >= 0.6 is 35.7 Å². The minimum atomic E-state index is -0.0225. The van der Waals surface area contributed by atoms with Gasteiger partial charge in [-0.2, -0.15) is 0 Å². The predicted molar refractivity (Wildman–Crippen MR) is 112 cm³/mol. The average Bonchev–Trinajstić information content (AvgIpc) is 3.18. The molecule has 0 atom stereocenters. The number of thiocarbonyl (C=S) groups is 1. The van der Waals surface area contributed by atoms with Crippen LogP contribution in [0.4, 0.5) is 11.4 Å². The number of carbonyl (C=O) groups is 1. The molecule has 4 nitrogen and oxygen atoms in total. The zero-order valence-corrected chi connectivity index (χ0v) is 16.7. The number of hydrogen-bond donors (Lipinski definition) is 0. The molecule has 4 rings (SSSR count). The van der Waals surface area contributed by atoms with Crippen LogP contribution in [-0.2, 0) is 4.79 Å². The Morgan fingerprint density at radius 1 is 1.12 bits per heavy atom. The van der Waals surface area contributed by atoms with Gasteiger partial charge < -0.3 is 9.64 Å². The molecular formula is C19H16N2O2S3. The van der Waals surface area contributed by atoms with Gasteiger partial charge in [0, 0.05) is 23.2 Å². The number of hydrogen-bond acceptors (Lipinski definition) is 6. The molecule has 2 aliphatic heterocycles. The van der Waals surface area contributed by atoms with Crippen molar-refractivity contribution in [2.75, 3.05) is 18.6 Å². The molecule has 1 amide bonds. The van der Waals surface area contributed by atoms with E-state index >= 15 is 0 Å². The third-order valence-corrected chi connectivity index (χ3v) is 6.90. The molecule has 0 bridgehead atoms. The third-order valence-electron chi connectivity index (χ3n) is 4.19. The van der Waals surface area contributed by atoms with E-state index in [0.29, 0.717) is 15.8 Å². The largest absolute Gasteiger partial charge is 0.497 e. The number of fused-ring (bicyclic) bond motifs is 1. The molecule has 0 N–H and O–H groups in total. The number of methoxy groups -OCH3 is 1. The van der Waals surface area contributed by atoms with Crippen molar-refractivity contribution in [3.63, 3.8) is 0 Å². The fraction of sp³-hybridized carbons (Fsp3) is 0.158. The van der Waals surface area contributed by atoms with Crippen LogP contribution in [0.1, 0.15) is 6.92 Å². The molecule has 2 heterocycles. The van der Waals surface area contributed by atoms with E-state index in [9.17, 15) is 4.79 Å². The molecule has 1 saturated heterocycles. The summed E-state index contributed by atoms with van der Waals surface area (Å²) in [7, 11) is 1.66. The van der Waals surface area contributed by atoms with E-state index in [1.54, 1.807) is 23.8 Å². The molecule has 7 heteroatoms. The molecule has 0 unspecified atom stereocenters. The molecule has 0 aliphatic carbocycles. The summed E-state index contributed by atoms with van der Waals surface area (Å²) in [6.45, 7) is 2.52. The van der Waals surface area contributed by atoms with Gasteiger partial charge in [-0.25, -0.2) is 0 Å². The highest BCUT2D eigenvalue weighted by Crippen LogP contribution is 2.54. The topological polar surface area (TPSA) is 32.8 Å². The average molecular weight is 401 g/mol. The van der Waals surface area contributed by atoms with Gasteiger partial charge in [-0.05, 0) is 31.2 Å². The van der Waals surface area contributed by atoms with Crippen LogP contribution in [-0.4, -0.2) is 28.8 Å².